The highest BCUT2D eigenvalue weighted by Crippen LogP contribution is 2.18. The van der Waals surface area contributed by atoms with Crippen molar-refractivity contribution >= 4 is 11.8 Å². The highest BCUT2D eigenvalue weighted by atomic mass is 32.2. The van der Waals surface area contributed by atoms with Gasteiger partial charge in [-0.15, -0.1) is 5.10 Å². The van der Waals surface area contributed by atoms with E-state index in [0.29, 0.717) is 0 Å². The van der Waals surface area contributed by atoms with Crippen molar-refractivity contribution in [1.82, 2.24) is 20.4 Å². The van der Waals surface area contributed by atoms with Crippen LogP contribution in [0.1, 0.15) is 11.7 Å². The van der Waals surface area contributed by atoms with Crippen LogP contribution in [0.25, 0.3) is 5.69 Å². The Morgan fingerprint density at radius 1 is 1.41 bits per heavy atom. The van der Waals surface area contributed by atoms with E-state index in [1.807, 2.05) is 36.6 Å². The molecule has 0 saturated carbocycles. The molecule has 0 aliphatic carbocycles. The topological polar surface area (TPSA) is 68.8 Å². The second-order valence-corrected chi connectivity index (χ2v) is 4.49. The van der Waals surface area contributed by atoms with Gasteiger partial charge in [-0.1, -0.05) is 23.4 Å². The molecule has 0 bridgehead atoms. The number of rotatable bonds is 5. The first-order chi connectivity index (χ1) is 8.36. The number of hydrogen-bond donors (Lipinski definition) is 2. The normalized spacial score (nSPS) is 12.6. The van der Waals surface area contributed by atoms with Crippen molar-refractivity contribution in [1.29, 1.82) is 0 Å². The molecule has 0 spiro atoms. The van der Waals surface area contributed by atoms with Gasteiger partial charge in [-0.3, -0.25) is 11.3 Å². The van der Waals surface area contributed by atoms with Crippen LogP contribution in [-0.2, 0) is 0 Å². The quantitative estimate of drug-likeness (QED) is 0.614. The summed E-state index contributed by atoms with van der Waals surface area (Å²) in [6.45, 7) is 0. The van der Waals surface area contributed by atoms with Crippen LogP contribution in [0, 0.1) is 0 Å². The van der Waals surface area contributed by atoms with E-state index in [9.17, 15) is 0 Å². The predicted molar refractivity (Wildman–Crippen MR) is 69.8 cm³/mol. The lowest BCUT2D eigenvalue weighted by Gasteiger charge is -2.15. The maximum absolute atomic E-state index is 5.56. The molecular formula is C11H15N5S. The molecule has 6 heteroatoms. The van der Waals surface area contributed by atoms with Crippen LogP contribution in [0.4, 0.5) is 0 Å². The Bertz CT molecular complexity index is 456. The van der Waals surface area contributed by atoms with Gasteiger partial charge in [0.2, 0.25) is 0 Å². The summed E-state index contributed by atoms with van der Waals surface area (Å²) in [5.41, 5.74) is 4.75. The van der Waals surface area contributed by atoms with Crippen molar-refractivity contribution < 1.29 is 0 Å². The summed E-state index contributed by atoms with van der Waals surface area (Å²) in [6.07, 6.45) is 3.79. The maximum atomic E-state index is 5.56. The van der Waals surface area contributed by atoms with Gasteiger partial charge in [0.05, 0.1) is 23.6 Å². The van der Waals surface area contributed by atoms with Crippen LogP contribution in [-0.4, -0.2) is 27.0 Å². The molecule has 5 nitrogen and oxygen atoms in total. The lowest BCUT2D eigenvalue weighted by atomic mass is 10.2. The molecule has 0 aliphatic rings. The fraction of sp³-hybridized carbons (Fsp3) is 0.273. The SMILES string of the molecule is CSCC(NN)c1cnnn1-c1ccccc1. The molecule has 1 unspecified atom stereocenters. The summed E-state index contributed by atoms with van der Waals surface area (Å²) >= 11 is 1.73. The van der Waals surface area contributed by atoms with E-state index in [4.69, 9.17) is 5.84 Å². The highest BCUT2D eigenvalue weighted by Gasteiger charge is 2.15. The van der Waals surface area contributed by atoms with Gasteiger partial charge in [0.25, 0.3) is 0 Å². The Morgan fingerprint density at radius 2 is 2.18 bits per heavy atom. The third kappa shape index (κ3) is 2.66. The second kappa shape index (κ2) is 5.81. The van der Waals surface area contributed by atoms with Gasteiger partial charge < -0.3 is 0 Å². The molecule has 0 aliphatic heterocycles. The van der Waals surface area contributed by atoms with E-state index in [-0.39, 0.29) is 6.04 Å². The fourth-order valence-corrected chi connectivity index (χ4v) is 2.24. The van der Waals surface area contributed by atoms with Crippen molar-refractivity contribution in [2.24, 2.45) is 5.84 Å². The zero-order valence-electron chi connectivity index (χ0n) is 9.58. The number of nitrogens with two attached hydrogens (primary N) is 1. The summed E-state index contributed by atoms with van der Waals surface area (Å²) in [4.78, 5) is 0. The first-order valence-electron chi connectivity index (χ1n) is 5.28. The number of hydrogen-bond acceptors (Lipinski definition) is 5. The molecule has 2 rings (SSSR count). The van der Waals surface area contributed by atoms with Gasteiger partial charge in [-0.2, -0.15) is 11.8 Å². The zero-order chi connectivity index (χ0) is 12.1. The van der Waals surface area contributed by atoms with Crippen molar-refractivity contribution in [3.8, 4) is 5.69 Å². The number of benzene rings is 1. The summed E-state index contributed by atoms with van der Waals surface area (Å²) in [5.74, 6) is 6.44. The first kappa shape index (κ1) is 12.1. The molecule has 0 fully saturated rings. The lowest BCUT2D eigenvalue weighted by molar-refractivity contribution is 0.573. The Kier molecular flexibility index (Phi) is 4.13. The fourth-order valence-electron chi connectivity index (χ4n) is 1.64. The molecule has 0 saturated heterocycles. The predicted octanol–water partition coefficient (Wildman–Crippen LogP) is 1.13. The molecule has 90 valence electrons. The number of nitrogens with one attached hydrogen (secondary N) is 1. The minimum absolute atomic E-state index is 0.0419. The van der Waals surface area contributed by atoms with Crippen LogP contribution >= 0.6 is 11.8 Å². The third-order valence-electron chi connectivity index (χ3n) is 2.47. The van der Waals surface area contributed by atoms with E-state index >= 15 is 0 Å². The average Bonchev–Trinajstić information content (AvgIpc) is 2.86. The minimum Gasteiger partial charge on any atom is -0.271 e. The Hall–Kier alpha value is -1.37. The Morgan fingerprint density at radius 3 is 2.82 bits per heavy atom. The van der Waals surface area contributed by atoms with Crippen LogP contribution in [0.15, 0.2) is 36.5 Å². The molecular weight excluding hydrogens is 234 g/mol. The smallest absolute Gasteiger partial charge is 0.0837 e. The molecule has 2 aromatic rings. The van der Waals surface area contributed by atoms with Crippen LogP contribution < -0.4 is 11.3 Å². The highest BCUT2D eigenvalue weighted by molar-refractivity contribution is 7.98. The molecule has 1 aromatic heterocycles. The molecule has 17 heavy (non-hydrogen) atoms. The van der Waals surface area contributed by atoms with Crippen molar-refractivity contribution in [3.63, 3.8) is 0 Å². The number of hydrazine groups is 1. The number of nitrogens with zero attached hydrogens (tertiary/aromatic N) is 3. The Balaban J connectivity index is 2.34. The van der Waals surface area contributed by atoms with Crippen molar-refractivity contribution in [2.75, 3.05) is 12.0 Å². The molecule has 1 atom stereocenters. The molecule has 0 amide bonds. The summed E-state index contributed by atoms with van der Waals surface area (Å²) < 4.78 is 1.81. The molecule has 1 heterocycles. The molecule has 1 aromatic carbocycles. The largest absolute Gasteiger partial charge is 0.271 e. The minimum atomic E-state index is 0.0419. The summed E-state index contributed by atoms with van der Waals surface area (Å²) in [7, 11) is 0. The van der Waals surface area contributed by atoms with E-state index in [0.717, 1.165) is 17.1 Å². The van der Waals surface area contributed by atoms with Gasteiger partial charge in [0, 0.05) is 5.75 Å². The van der Waals surface area contributed by atoms with Gasteiger partial charge in [0.1, 0.15) is 0 Å². The Labute approximate surface area is 104 Å². The van der Waals surface area contributed by atoms with Gasteiger partial charge in [0.15, 0.2) is 0 Å². The van der Waals surface area contributed by atoms with Gasteiger partial charge in [-0.25, -0.2) is 4.68 Å². The van der Waals surface area contributed by atoms with Gasteiger partial charge >= 0.3 is 0 Å². The summed E-state index contributed by atoms with van der Waals surface area (Å²) in [5, 5.41) is 8.06. The average molecular weight is 249 g/mol. The number of para-hydroxylation sites is 1. The standard InChI is InChI=1S/C11H15N5S/c1-17-8-10(14-12)11-7-13-15-16(11)9-5-3-2-4-6-9/h2-7,10,14H,8,12H2,1H3. The first-order valence-corrected chi connectivity index (χ1v) is 6.67. The van der Waals surface area contributed by atoms with Crippen LogP contribution in [0.5, 0.6) is 0 Å². The van der Waals surface area contributed by atoms with Crippen LogP contribution in [0.3, 0.4) is 0 Å². The monoisotopic (exact) mass is 249 g/mol. The molecule has 3 N–H and O–H groups in total. The third-order valence-corrected chi connectivity index (χ3v) is 3.13. The maximum Gasteiger partial charge on any atom is 0.0837 e. The van der Waals surface area contributed by atoms with Crippen molar-refractivity contribution in [3.05, 3.63) is 42.2 Å². The van der Waals surface area contributed by atoms with E-state index in [1.54, 1.807) is 22.6 Å². The van der Waals surface area contributed by atoms with Gasteiger partial charge in [-0.05, 0) is 18.4 Å². The second-order valence-electron chi connectivity index (χ2n) is 3.58. The van der Waals surface area contributed by atoms with Crippen LogP contribution in [0.2, 0.25) is 0 Å². The summed E-state index contributed by atoms with van der Waals surface area (Å²) in [6, 6.07) is 9.94. The van der Waals surface area contributed by atoms with Crippen molar-refractivity contribution in [2.45, 2.75) is 6.04 Å². The van der Waals surface area contributed by atoms with E-state index in [1.165, 1.54) is 0 Å². The molecule has 0 radical (unpaired) electrons. The number of thioether (sulfide) groups is 1. The van der Waals surface area contributed by atoms with E-state index in [2.05, 4.69) is 15.7 Å². The van der Waals surface area contributed by atoms with E-state index < -0.39 is 0 Å². The number of aromatic nitrogens is 3. The zero-order valence-corrected chi connectivity index (χ0v) is 10.4. The lowest BCUT2D eigenvalue weighted by Crippen LogP contribution is -2.31.